The van der Waals surface area contributed by atoms with Crippen molar-refractivity contribution in [1.82, 2.24) is 10.1 Å². The molecule has 0 saturated carbocycles. The van der Waals surface area contributed by atoms with E-state index in [1.807, 2.05) is 6.07 Å². The number of nitrogens with zero attached hydrogens (tertiary/aromatic N) is 2. The van der Waals surface area contributed by atoms with Gasteiger partial charge in [0.05, 0.1) is 10.4 Å². The molecule has 3 saturated heterocycles. The lowest BCUT2D eigenvalue weighted by atomic mass is 9.84. The lowest BCUT2D eigenvalue weighted by molar-refractivity contribution is 0.0973. The first kappa shape index (κ1) is 12.7. The molecule has 1 atom stereocenters. The van der Waals surface area contributed by atoms with E-state index in [9.17, 15) is 0 Å². The molecule has 1 aromatic carbocycles. The van der Waals surface area contributed by atoms with E-state index in [1.165, 1.54) is 25.9 Å². The molecule has 3 aliphatic rings. The first-order valence-electron chi connectivity index (χ1n) is 6.94. The van der Waals surface area contributed by atoms with Crippen LogP contribution in [0, 0.1) is 5.92 Å². The van der Waals surface area contributed by atoms with E-state index >= 15 is 0 Å². The van der Waals surface area contributed by atoms with Crippen LogP contribution < -0.4 is 5.32 Å². The minimum Gasteiger partial charge on any atom is -0.362 e. The third-order valence-corrected chi connectivity index (χ3v) is 5.30. The van der Waals surface area contributed by atoms with Gasteiger partial charge in [-0.3, -0.25) is 0 Å². The van der Waals surface area contributed by atoms with Crippen LogP contribution in [0.25, 0.3) is 11.0 Å². The Morgan fingerprint density at radius 3 is 2.75 bits per heavy atom. The van der Waals surface area contributed by atoms with Gasteiger partial charge < -0.3 is 14.7 Å². The second kappa shape index (κ2) is 4.79. The zero-order valence-electron chi connectivity index (χ0n) is 10.9. The number of aromatic nitrogens is 1. The maximum absolute atomic E-state index is 6.14. The first-order chi connectivity index (χ1) is 9.72. The van der Waals surface area contributed by atoms with Crippen molar-refractivity contribution in [2.45, 2.75) is 18.9 Å². The summed E-state index contributed by atoms with van der Waals surface area (Å²) in [7, 11) is 0. The van der Waals surface area contributed by atoms with Crippen LogP contribution in [0.1, 0.15) is 12.8 Å². The Hall–Kier alpha value is -0.970. The van der Waals surface area contributed by atoms with Crippen LogP contribution in [0.5, 0.6) is 0 Å². The second-order valence-corrected chi connectivity index (χ2v) is 6.44. The molecule has 4 nitrogen and oxygen atoms in total. The van der Waals surface area contributed by atoms with Crippen LogP contribution in [0.4, 0.5) is 5.82 Å². The van der Waals surface area contributed by atoms with Crippen molar-refractivity contribution >= 4 is 40.0 Å². The molecule has 3 fully saturated rings. The van der Waals surface area contributed by atoms with Gasteiger partial charge in [0.15, 0.2) is 11.4 Å². The van der Waals surface area contributed by atoms with Crippen LogP contribution in [0.15, 0.2) is 16.7 Å². The summed E-state index contributed by atoms with van der Waals surface area (Å²) < 4.78 is 5.34. The summed E-state index contributed by atoms with van der Waals surface area (Å²) in [5.74, 6) is 1.51. The van der Waals surface area contributed by atoms with Crippen molar-refractivity contribution in [3.05, 3.63) is 22.2 Å². The van der Waals surface area contributed by atoms with Crippen LogP contribution in [0.2, 0.25) is 10.0 Å². The Bertz CT molecular complexity index is 649. The number of hydrogen-bond donors (Lipinski definition) is 1. The first-order valence-corrected chi connectivity index (χ1v) is 7.70. The maximum Gasteiger partial charge on any atom is 0.189 e. The fourth-order valence-corrected chi connectivity index (χ4v) is 3.70. The van der Waals surface area contributed by atoms with Gasteiger partial charge in [-0.25, -0.2) is 0 Å². The molecule has 5 rings (SSSR count). The number of rotatable bonds is 2. The van der Waals surface area contributed by atoms with Gasteiger partial charge in [-0.15, -0.1) is 0 Å². The molecule has 6 heteroatoms. The van der Waals surface area contributed by atoms with Gasteiger partial charge in [0.2, 0.25) is 0 Å². The minimum atomic E-state index is 0.429. The van der Waals surface area contributed by atoms with E-state index in [4.69, 9.17) is 27.7 Å². The van der Waals surface area contributed by atoms with Gasteiger partial charge in [-0.1, -0.05) is 28.4 Å². The maximum atomic E-state index is 6.14. The standard InChI is InChI=1S/C14H15Cl2N3O/c15-10-2-1-9-13(12(10)16)20-18-14(9)17-11-7-19-5-3-8(11)4-6-19/h1-2,8,11H,3-7H2,(H,17,18)/t11-/m1/s1. The van der Waals surface area contributed by atoms with Gasteiger partial charge >= 0.3 is 0 Å². The molecule has 1 N–H and O–H groups in total. The molecule has 20 heavy (non-hydrogen) atoms. The molecule has 2 bridgehead atoms. The summed E-state index contributed by atoms with van der Waals surface area (Å²) in [5, 5.41) is 9.48. The third-order valence-electron chi connectivity index (χ3n) is 4.51. The van der Waals surface area contributed by atoms with Gasteiger partial charge in [-0.05, 0) is 44.0 Å². The molecule has 0 amide bonds. The predicted molar refractivity (Wildman–Crippen MR) is 80.6 cm³/mol. The number of anilines is 1. The average molecular weight is 312 g/mol. The predicted octanol–water partition coefficient (Wildman–Crippen LogP) is 3.64. The number of benzene rings is 1. The Labute approximate surface area is 127 Å². The van der Waals surface area contributed by atoms with Crippen molar-refractivity contribution in [1.29, 1.82) is 0 Å². The van der Waals surface area contributed by atoms with E-state index in [0.717, 1.165) is 23.7 Å². The highest BCUT2D eigenvalue weighted by molar-refractivity contribution is 6.45. The van der Waals surface area contributed by atoms with E-state index in [0.29, 0.717) is 21.7 Å². The fraction of sp³-hybridized carbons (Fsp3) is 0.500. The number of halogens is 2. The van der Waals surface area contributed by atoms with Crippen molar-refractivity contribution in [3.63, 3.8) is 0 Å². The van der Waals surface area contributed by atoms with Gasteiger partial charge in [0.25, 0.3) is 0 Å². The van der Waals surface area contributed by atoms with Crippen LogP contribution >= 0.6 is 23.2 Å². The van der Waals surface area contributed by atoms with Gasteiger partial charge in [-0.2, -0.15) is 0 Å². The second-order valence-electron chi connectivity index (χ2n) is 5.66. The number of piperidine rings is 3. The highest BCUT2D eigenvalue weighted by atomic mass is 35.5. The lowest BCUT2D eigenvalue weighted by Crippen LogP contribution is -2.53. The Morgan fingerprint density at radius 2 is 2.05 bits per heavy atom. The van der Waals surface area contributed by atoms with E-state index < -0.39 is 0 Å². The molecule has 0 radical (unpaired) electrons. The van der Waals surface area contributed by atoms with Crippen molar-refractivity contribution in [3.8, 4) is 0 Å². The molecular weight excluding hydrogens is 297 g/mol. The Kier molecular flexibility index (Phi) is 3.05. The molecule has 1 aromatic heterocycles. The average Bonchev–Trinajstić information content (AvgIpc) is 2.88. The van der Waals surface area contributed by atoms with Crippen molar-refractivity contribution in [2.24, 2.45) is 5.92 Å². The molecule has 106 valence electrons. The van der Waals surface area contributed by atoms with Crippen molar-refractivity contribution < 1.29 is 4.52 Å². The molecule has 0 spiro atoms. The Balaban J connectivity index is 1.65. The number of hydrogen-bond acceptors (Lipinski definition) is 4. The summed E-state index contributed by atoms with van der Waals surface area (Å²) in [6.07, 6.45) is 2.53. The summed E-state index contributed by atoms with van der Waals surface area (Å²) in [6.45, 7) is 3.54. The molecular formula is C14H15Cl2N3O. The summed E-state index contributed by atoms with van der Waals surface area (Å²) in [4.78, 5) is 2.50. The van der Waals surface area contributed by atoms with Gasteiger partial charge in [0, 0.05) is 12.6 Å². The summed E-state index contributed by atoms with van der Waals surface area (Å²) in [5.41, 5.74) is 0.558. The SMILES string of the molecule is Clc1ccc2c(N[C@@H]3CN4CCC3CC4)noc2c1Cl. The van der Waals surface area contributed by atoms with Crippen LogP contribution in [-0.4, -0.2) is 35.7 Å². The zero-order chi connectivity index (χ0) is 13.7. The third kappa shape index (κ3) is 1.98. The van der Waals surface area contributed by atoms with Crippen molar-refractivity contribution in [2.75, 3.05) is 25.0 Å². The summed E-state index contributed by atoms with van der Waals surface area (Å²) in [6, 6.07) is 4.13. The number of fused-ring (bicyclic) bond motifs is 4. The quantitative estimate of drug-likeness (QED) is 0.919. The molecule has 0 aliphatic carbocycles. The largest absolute Gasteiger partial charge is 0.362 e. The van der Waals surface area contributed by atoms with E-state index in [2.05, 4.69) is 15.4 Å². The summed E-state index contributed by atoms with van der Waals surface area (Å²) >= 11 is 12.1. The smallest absolute Gasteiger partial charge is 0.189 e. The normalized spacial score (nSPS) is 29.0. The van der Waals surface area contributed by atoms with Crippen LogP contribution in [-0.2, 0) is 0 Å². The molecule has 3 aliphatic heterocycles. The van der Waals surface area contributed by atoms with Crippen LogP contribution in [0.3, 0.4) is 0 Å². The molecule has 0 unspecified atom stereocenters. The fourth-order valence-electron chi connectivity index (χ4n) is 3.36. The highest BCUT2D eigenvalue weighted by Gasteiger charge is 2.34. The molecule has 2 aromatic rings. The lowest BCUT2D eigenvalue weighted by Gasteiger charge is -2.44. The monoisotopic (exact) mass is 311 g/mol. The molecule has 4 heterocycles. The zero-order valence-corrected chi connectivity index (χ0v) is 12.4. The minimum absolute atomic E-state index is 0.429. The van der Waals surface area contributed by atoms with E-state index in [-0.39, 0.29) is 0 Å². The Morgan fingerprint density at radius 1 is 1.25 bits per heavy atom. The topological polar surface area (TPSA) is 41.3 Å². The number of nitrogens with one attached hydrogen (secondary N) is 1. The van der Waals surface area contributed by atoms with E-state index in [1.54, 1.807) is 6.07 Å². The highest BCUT2D eigenvalue weighted by Crippen LogP contribution is 2.36. The van der Waals surface area contributed by atoms with Gasteiger partial charge in [0.1, 0.15) is 5.02 Å².